The first-order valence-corrected chi connectivity index (χ1v) is 10.2. The third-order valence-electron chi connectivity index (χ3n) is 6.42. The highest BCUT2D eigenvalue weighted by molar-refractivity contribution is 5.98. The minimum atomic E-state index is -0.0898. The summed E-state index contributed by atoms with van der Waals surface area (Å²) in [6, 6.07) is 7.33. The van der Waals surface area contributed by atoms with E-state index in [0.29, 0.717) is 24.5 Å². The maximum Gasteiger partial charge on any atom is 0.196 e. The molecule has 0 unspecified atom stereocenters. The Balaban J connectivity index is 1.48. The van der Waals surface area contributed by atoms with E-state index in [4.69, 9.17) is 15.2 Å². The van der Waals surface area contributed by atoms with Gasteiger partial charge in [0.05, 0.1) is 6.54 Å². The fourth-order valence-electron chi connectivity index (χ4n) is 4.95. The number of fused-ring (bicyclic) bond motifs is 1. The summed E-state index contributed by atoms with van der Waals surface area (Å²) < 4.78 is 10.9. The number of anilines is 2. The zero-order valence-electron chi connectivity index (χ0n) is 16.6. The average Bonchev–Trinajstić information content (AvgIpc) is 3.23. The number of hydrogen-bond acceptors (Lipinski definition) is 6. The van der Waals surface area contributed by atoms with Crippen LogP contribution >= 0.6 is 0 Å². The number of benzene rings is 1. The Kier molecular flexibility index (Phi) is 5.55. The number of rotatable bonds is 5. The molecule has 148 valence electrons. The molecule has 2 aliphatic heterocycles. The van der Waals surface area contributed by atoms with Gasteiger partial charge in [-0.15, -0.1) is 0 Å². The first-order chi connectivity index (χ1) is 13.2. The summed E-state index contributed by atoms with van der Waals surface area (Å²) in [5.74, 6) is 1.16. The van der Waals surface area contributed by atoms with Crippen molar-refractivity contribution in [3.63, 3.8) is 0 Å². The van der Waals surface area contributed by atoms with E-state index in [1.165, 1.54) is 42.6 Å². The van der Waals surface area contributed by atoms with Crippen LogP contribution in [-0.4, -0.2) is 45.6 Å². The van der Waals surface area contributed by atoms with Gasteiger partial charge in [-0.25, -0.2) is 4.99 Å². The van der Waals surface area contributed by atoms with Crippen molar-refractivity contribution in [3.05, 3.63) is 23.8 Å². The molecular formula is C21H32N4O2. The fraction of sp³-hybridized carbons (Fsp3) is 0.667. The highest BCUT2D eigenvalue weighted by Gasteiger charge is 2.30. The van der Waals surface area contributed by atoms with Gasteiger partial charge < -0.3 is 25.0 Å². The monoisotopic (exact) mass is 372 g/mol. The molecule has 1 aromatic rings. The molecule has 6 heteroatoms. The summed E-state index contributed by atoms with van der Waals surface area (Å²) in [4.78, 5) is 9.36. The molecule has 1 aliphatic carbocycles. The van der Waals surface area contributed by atoms with Gasteiger partial charge >= 0.3 is 0 Å². The molecule has 0 spiro atoms. The van der Waals surface area contributed by atoms with Gasteiger partial charge in [0.15, 0.2) is 12.2 Å². The Bertz CT molecular complexity index is 675. The van der Waals surface area contributed by atoms with E-state index in [2.05, 4.69) is 33.0 Å². The number of hydrogen-bond donors (Lipinski definition) is 1. The first kappa shape index (κ1) is 18.6. The lowest BCUT2D eigenvalue weighted by molar-refractivity contribution is -0.141. The summed E-state index contributed by atoms with van der Waals surface area (Å²) in [6.07, 6.45) is 7.09. The molecular weight excluding hydrogens is 340 g/mol. The molecule has 1 saturated heterocycles. The maximum absolute atomic E-state index is 6.27. The van der Waals surface area contributed by atoms with Crippen molar-refractivity contribution in [2.75, 3.05) is 37.1 Å². The topological polar surface area (TPSA) is 63.3 Å². The Morgan fingerprint density at radius 2 is 1.78 bits per heavy atom. The van der Waals surface area contributed by atoms with Gasteiger partial charge in [0.2, 0.25) is 0 Å². The van der Waals surface area contributed by atoms with Crippen molar-refractivity contribution in [1.29, 1.82) is 0 Å². The van der Waals surface area contributed by atoms with Crippen LogP contribution in [-0.2, 0) is 16.0 Å². The number of ether oxygens (including phenoxy) is 2. The van der Waals surface area contributed by atoms with E-state index < -0.39 is 0 Å². The number of guanidine groups is 1. The lowest BCUT2D eigenvalue weighted by atomic mass is 9.95. The van der Waals surface area contributed by atoms with Crippen molar-refractivity contribution in [2.24, 2.45) is 16.6 Å². The standard InChI is InChI=1S/C21H32N4O2/c1-26-20(27-2)15-9-11-24(12-10-15)18-7-8-19-16(13-18)14-23-21(22)25(19)17-5-3-4-6-17/h7-8,13,15,17,20H,3-6,9-12,14H2,1-2H3,(H2,22,23). The summed E-state index contributed by atoms with van der Waals surface area (Å²) >= 11 is 0. The molecule has 6 nitrogen and oxygen atoms in total. The molecule has 3 aliphatic rings. The minimum Gasteiger partial charge on any atom is -0.371 e. The number of nitrogens with zero attached hydrogens (tertiary/aromatic N) is 3. The van der Waals surface area contributed by atoms with E-state index in [9.17, 15) is 0 Å². The van der Waals surface area contributed by atoms with Gasteiger partial charge in [0, 0.05) is 50.6 Å². The lowest BCUT2D eigenvalue weighted by Crippen LogP contribution is -2.46. The molecule has 0 atom stereocenters. The van der Waals surface area contributed by atoms with Crippen LogP contribution in [0.2, 0.25) is 0 Å². The first-order valence-electron chi connectivity index (χ1n) is 10.2. The lowest BCUT2D eigenvalue weighted by Gasteiger charge is -2.38. The van der Waals surface area contributed by atoms with Crippen LogP contribution in [0, 0.1) is 5.92 Å². The molecule has 2 fully saturated rings. The van der Waals surface area contributed by atoms with Crippen LogP contribution in [0.25, 0.3) is 0 Å². The molecule has 0 radical (unpaired) electrons. The Hall–Kier alpha value is -1.79. The minimum absolute atomic E-state index is 0.0898. The van der Waals surface area contributed by atoms with E-state index >= 15 is 0 Å². The summed E-state index contributed by atoms with van der Waals surface area (Å²) in [7, 11) is 3.46. The van der Waals surface area contributed by atoms with Crippen LogP contribution in [0.4, 0.5) is 11.4 Å². The third-order valence-corrected chi connectivity index (χ3v) is 6.42. The zero-order valence-corrected chi connectivity index (χ0v) is 16.6. The van der Waals surface area contributed by atoms with Crippen molar-refractivity contribution in [2.45, 2.75) is 57.4 Å². The molecule has 1 saturated carbocycles. The highest BCUT2D eigenvalue weighted by atomic mass is 16.7. The van der Waals surface area contributed by atoms with Crippen molar-refractivity contribution in [3.8, 4) is 0 Å². The second kappa shape index (κ2) is 8.07. The molecule has 0 amide bonds. The van der Waals surface area contributed by atoms with Crippen molar-refractivity contribution in [1.82, 2.24) is 0 Å². The number of aliphatic imine (C=N–C) groups is 1. The molecule has 27 heavy (non-hydrogen) atoms. The van der Waals surface area contributed by atoms with Crippen LogP contribution in [0.5, 0.6) is 0 Å². The van der Waals surface area contributed by atoms with Crippen molar-refractivity contribution < 1.29 is 9.47 Å². The van der Waals surface area contributed by atoms with Crippen LogP contribution in [0.1, 0.15) is 44.1 Å². The summed E-state index contributed by atoms with van der Waals surface area (Å²) in [6.45, 7) is 2.75. The van der Waals surface area contributed by atoms with Crippen molar-refractivity contribution >= 4 is 17.3 Å². The second-order valence-electron chi connectivity index (χ2n) is 7.96. The number of nitrogens with two attached hydrogens (primary N) is 1. The van der Waals surface area contributed by atoms with E-state index in [-0.39, 0.29) is 6.29 Å². The molecule has 4 rings (SSSR count). The van der Waals surface area contributed by atoms with Gasteiger partial charge in [0.25, 0.3) is 0 Å². The van der Waals surface area contributed by atoms with Crippen LogP contribution in [0.15, 0.2) is 23.2 Å². The Morgan fingerprint density at radius 1 is 1.07 bits per heavy atom. The third kappa shape index (κ3) is 3.65. The van der Waals surface area contributed by atoms with Gasteiger partial charge in [0.1, 0.15) is 0 Å². The quantitative estimate of drug-likeness (QED) is 0.805. The molecule has 2 heterocycles. The molecule has 0 aromatic heterocycles. The molecule has 1 aromatic carbocycles. The average molecular weight is 373 g/mol. The molecule has 2 N–H and O–H groups in total. The van der Waals surface area contributed by atoms with Gasteiger partial charge in [-0.3, -0.25) is 0 Å². The number of piperidine rings is 1. The van der Waals surface area contributed by atoms with Crippen LogP contribution < -0.4 is 15.5 Å². The van der Waals surface area contributed by atoms with E-state index in [1.807, 2.05) is 0 Å². The fourth-order valence-corrected chi connectivity index (χ4v) is 4.95. The summed E-state index contributed by atoms with van der Waals surface area (Å²) in [5, 5.41) is 0. The number of methoxy groups -OCH3 is 2. The van der Waals surface area contributed by atoms with E-state index in [1.54, 1.807) is 14.2 Å². The normalized spacial score (nSPS) is 21.7. The predicted molar refractivity (Wildman–Crippen MR) is 109 cm³/mol. The maximum atomic E-state index is 6.27. The SMILES string of the molecule is COC(OC)C1CCN(c2ccc3c(c2)CN=C(N)N3C2CCCC2)CC1. The highest BCUT2D eigenvalue weighted by Crippen LogP contribution is 2.36. The smallest absolute Gasteiger partial charge is 0.196 e. The Morgan fingerprint density at radius 3 is 2.44 bits per heavy atom. The van der Waals surface area contributed by atoms with E-state index in [0.717, 1.165) is 25.9 Å². The van der Waals surface area contributed by atoms with Crippen LogP contribution in [0.3, 0.4) is 0 Å². The van der Waals surface area contributed by atoms with Gasteiger partial charge in [-0.1, -0.05) is 12.8 Å². The zero-order chi connectivity index (χ0) is 18.8. The second-order valence-corrected chi connectivity index (χ2v) is 7.96. The Labute approximate surface area is 162 Å². The van der Waals surface area contributed by atoms with Gasteiger partial charge in [-0.2, -0.15) is 0 Å². The van der Waals surface area contributed by atoms with Gasteiger partial charge in [-0.05, 0) is 49.4 Å². The molecule has 0 bridgehead atoms. The predicted octanol–water partition coefficient (Wildman–Crippen LogP) is 3.10. The summed E-state index contributed by atoms with van der Waals surface area (Å²) in [5.41, 5.74) is 10.1. The largest absolute Gasteiger partial charge is 0.371 e.